The monoisotopic (exact) mass is 450 g/mol. The Bertz CT molecular complexity index is 967. The standard InChI is InChI=1S/C19H22N4O7S/c1-27-12-7-5-11(6-8-12)10-20-19(31)22-21-18(24)13-9-14(28-2)16(29-3)17(30-4)15(13)23(25)26/h5-9H,10H2,1-4H3,(H,21,24)(H2,20,22,31). The molecule has 0 unspecified atom stereocenters. The molecule has 0 aliphatic carbocycles. The number of hydrazine groups is 1. The van der Waals surface area contributed by atoms with Crippen molar-refractivity contribution in [1.29, 1.82) is 0 Å². The van der Waals surface area contributed by atoms with Crippen molar-refractivity contribution in [2.45, 2.75) is 6.54 Å². The predicted octanol–water partition coefficient (Wildman–Crippen LogP) is 1.94. The molecular formula is C19H22N4O7S. The average molecular weight is 450 g/mol. The van der Waals surface area contributed by atoms with Gasteiger partial charge in [0.25, 0.3) is 5.91 Å². The number of carbonyl (C=O) groups is 1. The topological polar surface area (TPSA) is 133 Å². The Morgan fingerprint density at radius 3 is 2.16 bits per heavy atom. The van der Waals surface area contributed by atoms with E-state index in [1.54, 1.807) is 19.2 Å². The molecule has 0 atom stereocenters. The van der Waals surface area contributed by atoms with E-state index in [0.717, 1.165) is 11.3 Å². The Morgan fingerprint density at radius 2 is 1.65 bits per heavy atom. The first-order valence-corrected chi connectivity index (χ1v) is 9.21. The molecule has 2 aromatic rings. The molecule has 0 aliphatic heterocycles. The lowest BCUT2D eigenvalue weighted by molar-refractivity contribution is -0.386. The van der Waals surface area contributed by atoms with Crippen molar-refractivity contribution < 1.29 is 28.7 Å². The molecule has 0 aromatic heterocycles. The molecule has 0 radical (unpaired) electrons. The molecule has 0 saturated carbocycles. The van der Waals surface area contributed by atoms with Gasteiger partial charge in [0.05, 0.1) is 33.4 Å². The van der Waals surface area contributed by atoms with Crippen LogP contribution in [0.5, 0.6) is 23.0 Å². The van der Waals surface area contributed by atoms with Crippen LogP contribution in [-0.2, 0) is 6.54 Å². The van der Waals surface area contributed by atoms with Gasteiger partial charge in [-0.3, -0.25) is 25.8 Å². The fourth-order valence-electron chi connectivity index (χ4n) is 2.65. The first-order chi connectivity index (χ1) is 14.9. The Labute approximate surface area is 183 Å². The Morgan fingerprint density at radius 1 is 1.00 bits per heavy atom. The molecule has 2 aromatic carbocycles. The van der Waals surface area contributed by atoms with Crippen LogP contribution in [0.1, 0.15) is 15.9 Å². The van der Waals surface area contributed by atoms with E-state index in [1.165, 1.54) is 27.4 Å². The first kappa shape index (κ1) is 23.5. The highest BCUT2D eigenvalue weighted by atomic mass is 32.1. The van der Waals surface area contributed by atoms with Gasteiger partial charge >= 0.3 is 5.69 Å². The second-order valence-corrected chi connectivity index (χ2v) is 6.32. The number of thiocarbonyl (C=S) groups is 1. The summed E-state index contributed by atoms with van der Waals surface area (Å²) in [7, 11) is 5.44. The van der Waals surface area contributed by atoms with Crippen LogP contribution >= 0.6 is 12.2 Å². The molecule has 0 spiro atoms. The van der Waals surface area contributed by atoms with Gasteiger partial charge in [-0.1, -0.05) is 12.1 Å². The smallest absolute Gasteiger partial charge is 0.327 e. The molecular weight excluding hydrogens is 428 g/mol. The fourth-order valence-corrected chi connectivity index (χ4v) is 2.77. The minimum Gasteiger partial charge on any atom is -0.497 e. The van der Waals surface area contributed by atoms with E-state index in [0.29, 0.717) is 6.54 Å². The van der Waals surface area contributed by atoms with Gasteiger partial charge in [0, 0.05) is 12.6 Å². The molecule has 12 heteroatoms. The zero-order valence-corrected chi connectivity index (χ0v) is 18.1. The molecule has 2 rings (SSSR count). The van der Waals surface area contributed by atoms with E-state index < -0.39 is 16.5 Å². The summed E-state index contributed by atoms with van der Waals surface area (Å²) in [6, 6.07) is 8.50. The Kier molecular flexibility index (Phi) is 8.20. The molecule has 0 saturated heterocycles. The summed E-state index contributed by atoms with van der Waals surface area (Å²) in [5, 5.41) is 14.6. The van der Waals surface area contributed by atoms with Crippen LogP contribution in [0.25, 0.3) is 0 Å². The molecule has 1 amide bonds. The summed E-state index contributed by atoms with van der Waals surface area (Å²) in [5.74, 6) is -0.242. The lowest BCUT2D eigenvalue weighted by Crippen LogP contribution is -2.46. The van der Waals surface area contributed by atoms with Crippen molar-refractivity contribution in [2.75, 3.05) is 28.4 Å². The van der Waals surface area contributed by atoms with E-state index in [4.69, 9.17) is 31.2 Å². The van der Waals surface area contributed by atoms with Gasteiger partial charge in [0.15, 0.2) is 10.9 Å². The maximum absolute atomic E-state index is 12.6. The minimum atomic E-state index is -0.820. The first-order valence-electron chi connectivity index (χ1n) is 8.80. The zero-order chi connectivity index (χ0) is 23.0. The van der Waals surface area contributed by atoms with Gasteiger partial charge in [0.2, 0.25) is 11.5 Å². The summed E-state index contributed by atoms with van der Waals surface area (Å²) in [5.41, 5.74) is 4.88. The third-order valence-corrected chi connectivity index (χ3v) is 4.38. The normalized spacial score (nSPS) is 9.94. The van der Waals surface area contributed by atoms with Gasteiger partial charge in [0.1, 0.15) is 11.3 Å². The van der Waals surface area contributed by atoms with Gasteiger partial charge in [-0.05, 0) is 29.9 Å². The van der Waals surface area contributed by atoms with Crippen LogP contribution in [0.15, 0.2) is 30.3 Å². The summed E-state index contributed by atoms with van der Waals surface area (Å²) >= 11 is 5.13. The van der Waals surface area contributed by atoms with Crippen LogP contribution in [0.4, 0.5) is 5.69 Å². The van der Waals surface area contributed by atoms with Crippen LogP contribution < -0.4 is 35.1 Å². The number of ether oxygens (including phenoxy) is 4. The van der Waals surface area contributed by atoms with Crippen molar-refractivity contribution in [3.05, 3.63) is 51.6 Å². The van der Waals surface area contributed by atoms with Crippen molar-refractivity contribution in [1.82, 2.24) is 16.2 Å². The highest BCUT2D eigenvalue weighted by Gasteiger charge is 2.32. The molecule has 3 N–H and O–H groups in total. The third kappa shape index (κ3) is 5.63. The second-order valence-electron chi connectivity index (χ2n) is 5.91. The molecule has 31 heavy (non-hydrogen) atoms. The van der Waals surface area contributed by atoms with Gasteiger partial charge in [-0.2, -0.15) is 0 Å². The number of amides is 1. The van der Waals surface area contributed by atoms with E-state index in [9.17, 15) is 14.9 Å². The molecule has 0 aliphatic rings. The largest absolute Gasteiger partial charge is 0.497 e. The summed E-state index contributed by atoms with van der Waals surface area (Å²) < 4.78 is 20.5. The van der Waals surface area contributed by atoms with Crippen molar-refractivity contribution >= 4 is 28.9 Å². The molecule has 0 bridgehead atoms. The maximum Gasteiger partial charge on any atom is 0.327 e. The number of methoxy groups -OCH3 is 4. The number of nitrogens with zero attached hydrogens (tertiary/aromatic N) is 1. The minimum absolute atomic E-state index is 0.00196. The zero-order valence-electron chi connectivity index (χ0n) is 17.3. The second kappa shape index (κ2) is 10.8. The quantitative estimate of drug-likeness (QED) is 0.311. The lowest BCUT2D eigenvalue weighted by atomic mass is 10.1. The molecule has 0 heterocycles. The van der Waals surface area contributed by atoms with Crippen molar-refractivity contribution in [3.63, 3.8) is 0 Å². The van der Waals surface area contributed by atoms with Crippen molar-refractivity contribution in [2.24, 2.45) is 0 Å². The van der Waals surface area contributed by atoms with E-state index in [2.05, 4.69) is 16.2 Å². The molecule has 11 nitrogen and oxygen atoms in total. The fraction of sp³-hybridized carbons (Fsp3) is 0.263. The lowest BCUT2D eigenvalue weighted by Gasteiger charge is -2.16. The van der Waals surface area contributed by atoms with Crippen LogP contribution in [0, 0.1) is 10.1 Å². The molecule has 166 valence electrons. The summed E-state index contributed by atoms with van der Waals surface area (Å²) in [6.45, 7) is 0.385. The van der Waals surface area contributed by atoms with Crippen molar-refractivity contribution in [3.8, 4) is 23.0 Å². The van der Waals surface area contributed by atoms with E-state index in [-0.39, 0.29) is 27.9 Å². The highest BCUT2D eigenvalue weighted by molar-refractivity contribution is 7.80. The summed E-state index contributed by atoms with van der Waals surface area (Å²) in [4.78, 5) is 23.5. The van der Waals surface area contributed by atoms with E-state index in [1.807, 2.05) is 12.1 Å². The maximum atomic E-state index is 12.6. The van der Waals surface area contributed by atoms with Crippen LogP contribution in [-0.4, -0.2) is 44.4 Å². The number of nitro groups is 1. The number of nitro benzene ring substituents is 1. The van der Waals surface area contributed by atoms with Gasteiger partial charge in [-0.25, -0.2) is 0 Å². The number of rotatable bonds is 8. The Hall–Kier alpha value is -3.80. The summed E-state index contributed by atoms with van der Waals surface area (Å²) in [6.07, 6.45) is 0. The number of benzene rings is 2. The number of nitrogens with one attached hydrogen (secondary N) is 3. The number of carbonyl (C=O) groups excluding carboxylic acids is 1. The Balaban J connectivity index is 2.11. The number of hydrogen-bond donors (Lipinski definition) is 3. The van der Waals surface area contributed by atoms with Gasteiger partial charge in [-0.15, -0.1) is 0 Å². The molecule has 0 fully saturated rings. The highest BCUT2D eigenvalue weighted by Crippen LogP contribution is 2.46. The van der Waals surface area contributed by atoms with Crippen LogP contribution in [0.2, 0.25) is 0 Å². The number of hydrogen-bond acceptors (Lipinski definition) is 8. The third-order valence-electron chi connectivity index (χ3n) is 4.13. The predicted molar refractivity (Wildman–Crippen MR) is 116 cm³/mol. The van der Waals surface area contributed by atoms with Crippen LogP contribution in [0.3, 0.4) is 0 Å². The SMILES string of the molecule is COc1ccc(CNC(=S)NNC(=O)c2cc(OC)c(OC)c(OC)c2[N+](=O)[O-])cc1. The van der Waals surface area contributed by atoms with E-state index >= 15 is 0 Å². The average Bonchev–Trinajstić information content (AvgIpc) is 2.79. The van der Waals surface area contributed by atoms with Gasteiger partial charge < -0.3 is 24.3 Å².